The summed E-state index contributed by atoms with van der Waals surface area (Å²) in [6.45, 7) is 5.27. The predicted molar refractivity (Wildman–Crippen MR) is 85.8 cm³/mol. The van der Waals surface area contributed by atoms with Crippen LogP contribution in [0.4, 0.5) is 10.5 Å². The minimum absolute atomic E-state index is 0.0183. The number of anilines is 1. The highest BCUT2D eigenvalue weighted by Gasteiger charge is 2.21. The standard InChI is InChI=1S/C14H16BN5O4/c1-14(2,3)24-13(21)18-9-4-5-12(17-7-9)20-8-10(15(22)23)11(6-16)19-20/h4-5,7-8,22-23H,1-3H3,(H,18,21). The third-order valence-electron chi connectivity index (χ3n) is 2.75. The highest BCUT2D eigenvalue weighted by molar-refractivity contribution is 6.59. The molecule has 0 aromatic carbocycles. The molecule has 0 saturated carbocycles. The van der Waals surface area contributed by atoms with Crippen molar-refractivity contribution in [3.8, 4) is 11.9 Å². The van der Waals surface area contributed by atoms with Gasteiger partial charge in [0.15, 0.2) is 11.5 Å². The molecule has 124 valence electrons. The quantitative estimate of drug-likeness (QED) is 0.683. The molecule has 0 aliphatic carbocycles. The number of carbonyl (C=O) groups is 1. The van der Waals surface area contributed by atoms with E-state index in [-0.39, 0.29) is 11.2 Å². The summed E-state index contributed by atoms with van der Waals surface area (Å²) in [5.74, 6) is 0.341. The number of pyridine rings is 1. The predicted octanol–water partition coefficient (Wildman–Crippen LogP) is 0.166. The second-order valence-corrected chi connectivity index (χ2v) is 5.90. The summed E-state index contributed by atoms with van der Waals surface area (Å²) in [5, 5.41) is 33.8. The normalized spacial score (nSPS) is 10.8. The molecule has 0 aliphatic heterocycles. The van der Waals surface area contributed by atoms with Crippen LogP contribution in [0.2, 0.25) is 0 Å². The van der Waals surface area contributed by atoms with E-state index in [2.05, 4.69) is 15.4 Å². The Labute approximate surface area is 138 Å². The molecule has 2 rings (SSSR count). The van der Waals surface area contributed by atoms with Crippen molar-refractivity contribution in [2.75, 3.05) is 5.32 Å². The Morgan fingerprint density at radius 1 is 1.42 bits per heavy atom. The number of hydrogen-bond acceptors (Lipinski definition) is 7. The largest absolute Gasteiger partial charge is 0.493 e. The van der Waals surface area contributed by atoms with Gasteiger partial charge in [-0.3, -0.25) is 5.32 Å². The number of carbonyl (C=O) groups excluding carboxylic acids is 1. The maximum absolute atomic E-state index is 11.7. The monoisotopic (exact) mass is 329 g/mol. The zero-order valence-corrected chi connectivity index (χ0v) is 13.4. The second-order valence-electron chi connectivity index (χ2n) is 5.90. The number of aromatic nitrogens is 3. The molecule has 2 aromatic rings. The summed E-state index contributed by atoms with van der Waals surface area (Å²) in [6.07, 6.45) is 2.09. The summed E-state index contributed by atoms with van der Waals surface area (Å²) in [4.78, 5) is 15.8. The van der Waals surface area contributed by atoms with Crippen LogP contribution in [-0.2, 0) is 4.74 Å². The molecule has 24 heavy (non-hydrogen) atoms. The van der Waals surface area contributed by atoms with Crippen molar-refractivity contribution >= 4 is 24.4 Å². The van der Waals surface area contributed by atoms with Gasteiger partial charge in [0.05, 0.1) is 11.9 Å². The molecule has 0 spiro atoms. The Bertz CT molecular complexity index is 774. The zero-order chi connectivity index (χ0) is 17.9. The van der Waals surface area contributed by atoms with E-state index in [1.807, 2.05) is 0 Å². The average Bonchev–Trinajstić information content (AvgIpc) is 2.90. The van der Waals surface area contributed by atoms with Gasteiger partial charge in [0.1, 0.15) is 11.7 Å². The lowest BCUT2D eigenvalue weighted by atomic mass is 9.81. The van der Waals surface area contributed by atoms with Gasteiger partial charge in [0.25, 0.3) is 0 Å². The number of amides is 1. The maximum Gasteiger partial charge on any atom is 0.493 e. The molecule has 0 atom stereocenters. The Balaban J connectivity index is 2.15. The summed E-state index contributed by atoms with van der Waals surface area (Å²) in [5.41, 5.74) is -0.317. The first kappa shape index (κ1) is 17.5. The number of nitriles is 1. The van der Waals surface area contributed by atoms with Crippen LogP contribution in [-0.4, -0.2) is 43.6 Å². The van der Waals surface area contributed by atoms with E-state index >= 15 is 0 Å². The molecule has 0 aliphatic rings. The van der Waals surface area contributed by atoms with Crippen LogP contribution in [0, 0.1) is 11.3 Å². The summed E-state index contributed by atoms with van der Waals surface area (Å²) < 4.78 is 6.37. The number of ether oxygens (including phenoxy) is 1. The first-order valence-electron chi connectivity index (χ1n) is 7.02. The lowest BCUT2D eigenvalue weighted by molar-refractivity contribution is 0.0636. The molecular weight excluding hydrogens is 313 g/mol. The van der Waals surface area contributed by atoms with Gasteiger partial charge < -0.3 is 14.8 Å². The van der Waals surface area contributed by atoms with E-state index in [4.69, 9.17) is 10.00 Å². The number of nitrogens with zero attached hydrogens (tertiary/aromatic N) is 4. The molecule has 0 saturated heterocycles. The SMILES string of the molecule is CC(C)(C)OC(=O)Nc1ccc(-n2cc(B(O)O)c(C#N)n2)nc1. The fourth-order valence-electron chi connectivity index (χ4n) is 1.80. The van der Waals surface area contributed by atoms with Gasteiger partial charge in [0.2, 0.25) is 0 Å². The zero-order valence-electron chi connectivity index (χ0n) is 13.4. The summed E-state index contributed by atoms with van der Waals surface area (Å²) in [7, 11) is -1.80. The Morgan fingerprint density at radius 3 is 2.58 bits per heavy atom. The molecule has 0 fully saturated rings. The number of rotatable bonds is 3. The van der Waals surface area contributed by atoms with Crippen molar-refractivity contribution in [1.29, 1.82) is 5.26 Å². The van der Waals surface area contributed by atoms with Gasteiger partial charge in [-0.15, -0.1) is 0 Å². The molecule has 3 N–H and O–H groups in total. The van der Waals surface area contributed by atoms with Crippen molar-refractivity contribution in [2.45, 2.75) is 26.4 Å². The van der Waals surface area contributed by atoms with Crippen LogP contribution in [0.3, 0.4) is 0 Å². The van der Waals surface area contributed by atoms with Crippen LogP contribution in [0.15, 0.2) is 24.5 Å². The van der Waals surface area contributed by atoms with Crippen LogP contribution < -0.4 is 10.8 Å². The molecule has 0 bridgehead atoms. The van der Waals surface area contributed by atoms with Crippen molar-refractivity contribution in [2.24, 2.45) is 0 Å². The Hall–Kier alpha value is -2.90. The topological polar surface area (TPSA) is 133 Å². The van der Waals surface area contributed by atoms with E-state index < -0.39 is 18.8 Å². The van der Waals surface area contributed by atoms with Gasteiger partial charge in [-0.2, -0.15) is 10.4 Å². The lowest BCUT2D eigenvalue weighted by Gasteiger charge is -2.19. The number of hydrogen-bond donors (Lipinski definition) is 3. The van der Waals surface area contributed by atoms with Crippen LogP contribution in [0.25, 0.3) is 5.82 Å². The molecule has 0 unspecified atom stereocenters. The fraction of sp³-hybridized carbons (Fsp3) is 0.286. The van der Waals surface area contributed by atoms with E-state index in [0.29, 0.717) is 11.5 Å². The smallest absolute Gasteiger partial charge is 0.444 e. The lowest BCUT2D eigenvalue weighted by Crippen LogP contribution is -2.30. The average molecular weight is 329 g/mol. The first-order chi connectivity index (χ1) is 11.2. The Morgan fingerprint density at radius 2 is 2.12 bits per heavy atom. The van der Waals surface area contributed by atoms with Gasteiger partial charge in [-0.25, -0.2) is 14.5 Å². The fourth-order valence-corrected chi connectivity index (χ4v) is 1.80. The molecule has 10 heteroatoms. The maximum atomic E-state index is 11.7. The van der Waals surface area contributed by atoms with Crippen molar-refractivity contribution in [3.63, 3.8) is 0 Å². The van der Waals surface area contributed by atoms with Crippen molar-refractivity contribution < 1.29 is 19.6 Å². The van der Waals surface area contributed by atoms with Crippen molar-refractivity contribution in [1.82, 2.24) is 14.8 Å². The van der Waals surface area contributed by atoms with Gasteiger partial charge in [-0.1, -0.05) is 0 Å². The first-order valence-corrected chi connectivity index (χ1v) is 7.02. The van der Waals surface area contributed by atoms with Crippen LogP contribution in [0.5, 0.6) is 0 Å². The third-order valence-corrected chi connectivity index (χ3v) is 2.75. The molecule has 9 nitrogen and oxygen atoms in total. The van der Waals surface area contributed by atoms with E-state index in [1.165, 1.54) is 17.1 Å². The van der Waals surface area contributed by atoms with E-state index in [9.17, 15) is 14.8 Å². The highest BCUT2D eigenvalue weighted by Crippen LogP contribution is 2.12. The molecule has 1 amide bonds. The molecule has 2 aromatic heterocycles. The van der Waals surface area contributed by atoms with Gasteiger partial charge in [-0.05, 0) is 32.9 Å². The minimum atomic E-state index is -1.80. The highest BCUT2D eigenvalue weighted by atomic mass is 16.6. The molecular formula is C14H16BN5O4. The molecule has 0 radical (unpaired) electrons. The second kappa shape index (κ2) is 6.70. The minimum Gasteiger partial charge on any atom is -0.444 e. The van der Waals surface area contributed by atoms with E-state index in [1.54, 1.807) is 39.0 Å². The summed E-state index contributed by atoms with van der Waals surface area (Å²) >= 11 is 0. The van der Waals surface area contributed by atoms with E-state index in [0.717, 1.165) is 0 Å². The number of nitrogens with one attached hydrogen (secondary N) is 1. The van der Waals surface area contributed by atoms with Gasteiger partial charge >= 0.3 is 13.2 Å². The third kappa shape index (κ3) is 4.31. The van der Waals surface area contributed by atoms with Gasteiger partial charge in [0, 0.05) is 11.7 Å². The van der Waals surface area contributed by atoms with Crippen molar-refractivity contribution in [3.05, 3.63) is 30.2 Å². The van der Waals surface area contributed by atoms with Crippen LogP contribution in [0.1, 0.15) is 26.5 Å². The summed E-state index contributed by atoms with van der Waals surface area (Å²) in [6, 6.07) is 4.90. The van der Waals surface area contributed by atoms with Crippen LogP contribution >= 0.6 is 0 Å². The molecule has 2 heterocycles. The Kier molecular flexibility index (Phi) is 4.87.